The van der Waals surface area contributed by atoms with Gasteiger partial charge in [0, 0.05) is 20.0 Å². The van der Waals surface area contributed by atoms with Crippen molar-refractivity contribution in [3.63, 3.8) is 0 Å². The third-order valence-corrected chi connectivity index (χ3v) is 4.36. The first-order chi connectivity index (χ1) is 11.0. The number of nitriles is 1. The monoisotopic (exact) mass is 312 g/mol. The zero-order valence-electron chi connectivity index (χ0n) is 12.8. The molecule has 3 unspecified atom stereocenters. The van der Waals surface area contributed by atoms with E-state index < -0.39 is 24.1 Å². The van der Waals surface area contributed by atoms with Gasteiger partial charge in [0.25, 0.3) is 0 Å². The molecule has 1 aromatic rings. The van der Waals surface area contributed by atoms with Crippen molar-refractivity contribution in [3.05, 3.63) is 47.4 Å². The van der Waals surface area contributed by atoms with Crippen molar-refractivity contribution in [2.75, 3.05) is 14.1 Å². The maximum absolute atomic E-state index is 12.7. The first kappa shape index (κ1) is 14.9. The summed E-state index contributed by atoms with van der Waals surface area (Å²) in [6.45, 7) is 0. The number of urea groups is 1. The smallest absolute Gasteiger partial charge is 0.329 e. The minimum Gasteiger partial charge on any atom is -0.454 e. The van der Waals surface area contributed by atoms with Crippen LogP contribution in [0.25, 0.3) is 0 Å². The molecule has 1 fully saturated rings. The van der Waals surface area contributed by atoms with Gasteiger partial charge in [-0.1, -0.05) is 30.3 Å². The largest absolute Gasteiger partial charge is 0.454 e. The first-order valence-corrected chi connectivity index (χ1v) is 7.13. The Morgan fingerprint density at radius 2 is 1.87 bits per heavy atom. The molecule has 3 atom stereocenters. The Morgan fingerprint density at radius 3 is 2.48 bits per heavy atom. The number of benzene rings is 1. The summed E-state index contributed by atoms with van der Waals surface area (Å²) < 4.78 is 5.54. The Morgan fingerprint density at radius 1 is 1.22 bits per heavy atom. The fourth-order valence-corrected chi connectivity index (χ4v) is 3.17. The van der Waals surface area contributed by atoms with Crippen molar-refractivity contribution >= 4 is 11.9 Å². The van der Waals surface area contributed by atoms with Gasteiger partial charge < -0.3 is 10.5 Å². The average Bonchev–Trinajstić information content (AvgIpc) is 2.57. The van der Waals surface area contributed by atoms with Crippen LogP contribution in [0.15, 0.2) is 41.8 Å². The molecule has 2 aliphatic heterocycles. The fraction of sp³-hybridized carbons (Fsp3) is 0.312. The number of amides is 3. The van der Waals surface area contributed by atoms with Crippen LogP contribution in [0.4, 0.5) is 4.79 Å². The average molecular weight is 312 g/mol. The predicted molar refractivity (Wildman–Crippen MR) is 80.3 cm³/mol. The summed E-state index contributed by atoms with van der Waals surface area (Å²) in [5.41, 5.74) is 6.88. The number of imide groups is 1. The summed E-state index contributed by atoms with van der Waals surface area (Å²) >= 11 is 0. The highest BCUT2D eigenvalue weighted by Gasteiger charge is 2.53. The molecule has 0 radical (unpaired) electrons. The van der Waals surface area contributed by atoms with Gasteiger partial charge in [0.05, 0.1) is 5.57 Å². The molecule has 23 heavy (non-hydrogen) atoms. The Kier molecular flexibility index (Phi) is 3.45. The van der Waals surface area contributed by atoms with Gasteiger partial charge in [-0.2, -0.15) is 5.26 Å². The van der Waals surface area contributed by atoms with E-state index in [9.17, 15) is 14.9 Å². The van der Waals surface area contributed by atoms with E-state index in [1.165, 1.54) is 11.9 Å². The second-order valence-electron chi connectivity index (χ2n) is 5.60. The number of hydrogen-bond acceptors (Lipinski definition) is 5. The normalized spacial score (nSPS) is 27.4. The van der Waals surface area contributed by atoms with E-state index in [-0.39, 0.29) is 17.4 Å². The lowest BCUT2D eigenvalue weighted by atomic mass is 9.76. The van der Waals surface area contributed by atoms with E-state index >= 15 is 0 Å². The Labute approximate surface area is 133 Å². The molecular weight excluding hydrogens is 296 g/mol. The molecule has 0 aliphatic carbocycles. The van der Waals surface area contributed by atoms with Gasteiger partial charge in [-0.05, 0) is 5.56 Å². The molecule has 3 rings (SSSR count). The molecule has 0 aromatic heterocycles. The highest BCUT2D eigenvalue weighted by atomic mass is 16.5. The van der Waals surface area contributed by atoms with Gasteiger partial charge in [0.2, 0.25) is 11.8 Å². The number of hydrogen-bond donors (Lipinski definition) is 1. The zero-order valence-corrected chi connectivity index (χ0v) is 12.8. The minimum absolute atomic E-state index is 0.0420. The number of carbonyl (C=O) groups is 2. The summed E-state index contributed by atoms with van der Waals surface area (Å²) in [5.74, 6) is -1.69. The summed E-state index contributed by atoms with van der Waals surface area (Å²) in [7, 11) is 2.98. The number of nitrogens with zero attached hydrogens (tertiary/aromatic N) is 3. The van der Waals surface area contributed by atoms with Crippen LogP contribution < -0.4 is 5.73 Å². The highest BCUT2D eigenvalue weighted by Crippen LogP contribution is 2.43. The van der Waals surface area contributed by atoms with Crippen molar-refractivity contribution in [3.8, 4) is 6.07 Å². The standard InChI is InChI=1S/C16H16N4O3/c1-19-14(21)12-11(9-6-4-3-5-7-9)10(8-17)13(18)23-15(12)20(2)16(19)22/h3-7,11-12,15H,18H2,1-2H3. The molecule has 7 heteroatoms. The third-order valence-electron chi connectivity index (χ3n) is 4.36. The number of fused-ring (bicyclic) bond motifs is 1. The summed E-state index contributed by atoms with van der Waals surface area (Å²) in [4.78, 5) is 27.2. The second-order valence-corrected chi connectivity index (χ2v) is 5.60. The van der Waals surface area contributed by atoms with Gasteiger partial charge in [0.1, 0.15) is 12.0 Å². The van der Waals surface area contributed by atoms with Crippen LogP contribution in [0.2, 0.25) is 0 Å². The lowest BCUT2D eigenvalue weighted by Crippen LogP contribution is -2.62. The molecule has 2 heterocycles. The molecule has 118 valence electrons. The van der Waals surface area contributed by atoms with E-state index in [4.69, 9.17) is 10.5 Å². The molecular formula is C16H16N4O3. The quantitative estimate of drug-likeness (QED) is 0.832. The van der Waals surface area contributed by atoms with Gasteiger partial charge in [0.15, 0.2) is 6.23 Å². The van der Waals surface area contributed by atoms with Gasteiger partial charge >= 0.3 is 6.03 Å². The Hall–Kier alpha value is -3.01. The van der Waals surface area contributed by atoms with Gasteiger partial charge in [-0.25, -0.2) is 4.79 Å². The Bertz CT molecular complexity index is 737. The van der Waals surface area contributed by atoms with Crippen molar-refractivity contribution in [1.82, 2.24) is 9.80 Å². The maximum Gasteiger partial charge on any atom is 0.329 e. The Balaban J connectivity index is 2.18. The van der Waals surface area contributed by atoms with Gasteiger partial charge in [-0.3, -0.25) is 14.6 Å². The van der Waals surface area contributed by atoms with Crippen LogP contribution in [0.1, 0.15) is 11.5 Å². The number of rotatable bonds is 1. The van der Waals surface area contributed by atoms with E-state index in [2.05, 4.69) is 6.07 Å². The van der Waals surface area contributed by atoms with E-state index in [1.54, 1.807) is 7.05 Å². The van der Waals surface area contributed by atoms with Gasteiger partial charge in [-0.15, -0.1) is 0 Å². The number of allylic oxidation sites excluding steroid dienone is 1. The van der Waals surface area contributed by atoms with Crippen molar-refractivity contribution in [1.29, 1.82) is 5.26 Å². The topological polar surface area (TPSA) is 99.7 Å². The molecule has 0 saturated carbocycles. The summed E-state index contributed by atoms with van der Waals surface area (Å²) in [6.07, 6.45) is -0.825. The number of nitrogens with two attached hydrogens (primary N) is 1. The molecule has 2 N–H and O–H groups in total. The van der Waals surface area contributed by atoms with E-state index in [0.29, 0.717) is 0 Å². The molecule has 3 amide bonds. The van der Waals surface area contributed by atoms with Crippen LogP contribution in [0.3, 0.4) is 0 Å². The van der Waals surface area contributed by atoms with Crippen LogP contribution in [-0.2, 0) is 9.53 Å². The van der Waals surface area contributed by atoms with E-state index in [1.807, 2.05) is 30.3 Å². The van der Waals surface area contributed by atoms with Crippen LogP contribution in [0.5, 0.6) is 0 Å². The van der Waals surface area contributed by atoms with Crippen LogP contribution >= 0.6 is 0 Å². The van der Waals surface area contributed by atoms with E-state index in [0.717, 1.165) is 10.5 Å². The molecule has 1 aromatic carbocycles. The van der Waals surface area contributed by atoms with Crippen LogP contribution in [0, 0.1) is 17.2 Å². The summed E-state index contributed by atoms with van der Waals surface area (Å²) in [5, 5.41) is 9.48. The zero-order chi connectivity index (χ0) is 16.7. The maximum atomic E-state index is 12.7. The fourth-order valence-electron chi connectivity index (χ4n) is 3.17. The minimum atomic E-state index is -0.825. The molecule has 0 spiro atoms. The first-order valence-electron chi connectivity index (χ1n) is 7.13. The molecule has 0 bridgehead atoms. The van der Waals surface area contributed by atoms with Crippen LogP contribution in [-0.4, -0.2) is 42.1 Å². The van der Waals surface area contributed by atoms with Crippen molar-refractivity contribution in [2.45, 2.75) is 12.1 Å². The molecule has 7 nitrogen and oxygen atoms in total. The lowest BCUT2D eigenvalue weighted by Gasteiger charge is -2.46. The molecule has 1 saturated heterocycles. The second kappa shape index (κ2) is 5.32. The highest BCUT2D eigenvalue weighted by molar-refractivity contribution is 5.99. The van der Waals surface area contributed by atoms with Crippen molar-refractivity contribution in [2.24, 2.45) is 11.7 Å². The predicted octanol–water partition coefficient (Wildman–Crippen LogP) is 0.960. The lowest BCUT2D eigenvalue weighted by molar-refractivity contribution is -0.151. The number of carbonyl (C=O) groups excluding carboxylic acids is 2. The SMILES string of the molecule is CN1C(=O)C2C(c3ccccc3)C(C#N)=C(N)OC2N(C)C1=O. The molecule has 2 aliphatic rings. The van der Waals surface area contributed by atoms with Crippen molar-refractivity contribution < 1.29 is 14.3 Å². The number of ether oxygens (including phenoxy) is 1. The summed E-state index contributed by atoms with van der Waals surface area (Å²) in [6, 6.07) is 10.8. The third kappa shape index (κ3) is 2.11.